The zero-order chi connectivity index (χ0) is 40.9. The maximum atomic E-state index is 15.2. The van der Waals surface area contributed by atoms with Crippen LogP contribution in [0.25, 0.3) is 10.8 Å². The van der Waals surface area contributed by atoms with Crippen molar-refractivity contribution in [3.63, 3.8) is 0 Å². The van der Waals surface area contributed by atoms with Crippen molar-refractivity contribution in [1.29, 1.82) is 0 Å². The average molecular weight is 796 g/mol. The van der Waals surface area contributed by atoms with Crippen LogP contribution < -0.4 is 9.80 Å². The summed E-state index contributed by atoms with van der Waals surface area (Å²) in [6.07, 6.45) is 8.06. The van der Waals surface area contributed by atoms with Crippen LogP contribution in [0.15, 0.2) is 114 Å². The first kappa shape index (κ1) is 39.6. The van der Waals surface area contributed by atoms with Gasteiger partial charge in [-0.15, -0.1) is 5.10 Å². The number of fused-ring (bicyclic) bond motifs is 2. The van der Waals surface area contributed by atoms with Crippen molar-refractivity contribution in [3.05, 3.63) is 137 Å². The number of ether oxygens (including phenoxy) is 1. The second kappa shape index (κ2) is 15.5. The highest BCUT2D eigenvalue weighted by molar-refractivity contribution is 6.71. The second-order valence-corrected chi connectivity index (χ2v) is 21.0. The number of benzene rings is 4. The number of aliphatic hydroxyl groups excluding tert-OH is 1. The molecule has 10 nitrogen and oxygen atoms in total. The van der Waals surface area contributed by atoms with Crippen LogP contribution in [0.5, 0.6) is 0 Å². The maximum Gasteiger partial charge on any atom is 0.264 e. The van der Waals surface area contributed by atoms with Crippen molar-refractivity contribution in [2.45, 2.75) is 89.8 Å². The molecular weight excluding hydrogens is 743 g/mol. The molecule has 8 rings (SSSR count). The first-order valence-corrected chi connectivity index (χ1v) is 23.4. The quantitative estimate of drug-likeness (QED) is 0.0903. The van der Waals surface area contributed by atoms with E-state index in [1.165, 1.54) is 11.1 Å². The van der Waals surface area contributed by atoms with Gasteiger partial charge in [0.1, 0.15) is 0 Å². The molecule has 1 unspecified atom stereocenters. The summed E-state index contributed by atoms with van der Waals surface area (Å²) < 4.78 is 8.97. The Hall–Kier alpha value is -5.20. The molecule has 0 aliphatic carbocycles. The average Bonchev–Trinajstić information content (AvgIpc) is 3.92. The van der Waals surface area contributed by atoms with Gasteiger partial charge in [0, 0.05) is 47.4 Å². The van der Waals surface area contributed by atoms with Gasteiger partial charge in [-0.1, -0.05) is 90.0 Å². The highest BCUT2D eigenvalue weighted by Gasteiger charge is 2.66. The normalized spacial score (nSPS) is 22.1. The zero-order valence-corrected chi connectivity index (χ0v) is 35.2. The largest absolute Gasteiger partial charge is 0.432 e. The summed E-state index contributed by atoms with van der Waals surface area (Å²) in [5.74, 6) is -0.949. The third-order valence-electron chi connectivity index (χ3n) is 12.4. The van der Waals surface area contributed by atoms with Crippen LogP contribution in [0, 0.1) is 5.92 Å². The lowest BCUT2D eigenvalue weighted by Gasteiger charge is -2.32. The first-order chi connectivity index (χ1) is 27.8. The molecule has 4 heterocycles. The molecule has 0 bridgehead atoms. The molecule has 58 heavy (non-hydrogen) atoms. The summed E-state index contributed by atoms with van der Waals surface area (Å²) in [5.41, 5.74) is 6.02. The molecule has 5 atom stereocenters. The lowest BCUT2D eigenvalue weighted by atomic mass is 9.82. The van der Waals surface area contributed by atoms with Crippen molar-refractivity contribution in [2.24, 2.45) is 5.92 Å². The van der Waals surface area contributed by atoms with Gasteiger partial charge in [0.05, 0.1) is 41.3 Å². The van der Waals surface area contributed by atoms with E-state index in [1.807, 2.05) is 116 Å². The van der Waals surface area contributed by atoms with Crippen LogP contribution in [0.4, 0.5) is 17.1 Å². The minimum atomic E-state index is -2.96. The molecule has 2 N–H and O–H groups in total. The predicted molar refractivity (Wildman–Crippen MR) is 231 cm³/mol. The van der Waals surface area contributed by atoms with Crippen LogP contribution in [-0.2, 0) is 21.7 Å². The van der Waals surface area contributed by atoms with E-state index in [2.05, 4.69) is 43.2 Å². The van der Waals surface area contributed by atoms with Gasteiger partial charge in [-0.3, -0.25) is 19.2 Å². The van der Waals surface area contributed by atoms with E-state index in [0.717, 1.165) is 46.1 Å². The van der Waals surface area contributed by atoms with Crippen LogP contribution in [-0.4, -0.2) is 64.3 Å². The molecule has 0 saturated carbocycles. The van der Waals surface area contributed by atoms with Crippen molar-refractivity contribution in [2.75, 3.05) is 23.0 Å². The zero-order valence-electron chi connectivity index (χ0n) is 34.2. The Morgan fingerprint density at radius 2 is 1.72 bits per heavy atom. The van der Waals surface area contributed by atoms with E-state index < -0.39 is 20.0 Å². The summed E-state index contributed by atoms with van der Waals surface area (Å²) in [6.45, 7) is 12.9. The number of aliphatic hydroxyl groups is 1. The van der Waals surface area contributed by atoms with Gasteiger partial charge in [0.2, 0.25) is 0 Å². The van der Waals surface area contributed by atoms with Gasteiger partial charge in [0.15, 0.2) is 13.9 Å². The molecule has 1 aromatic heterocycles. The number of aromatic nitrogens is 3. The highest BCUT2D eigenvalue weighted by Crippen LogP contribution is 2.60. The van der Waals surface area contributed by atoms with E-state index in [0.29, 0.717) is 36.5 Å². The molecule has 11 heteroatoms. The number of carbonyl (C=O) groups excluding carboxylic acids is 2. The van der Waals surface area contributed by atoms with Gasteiger partial charge in [-0.25, -0.2) is 0 Å². The van der Waals surface area contributed by atoms with Crippen molar-refractivity contribution >= 4 is 48.0 Å². The molecule has 3 aliphatic heterocycles. The summed E-state index contributed by atoms with van der Waals surface area (Å²) in [7, 11) is -2.96. The van der Waals surface area contributed by atoms with E-state index in [-0.39, 0.29) is 35.8 Å². The standard InChI is InChI=1S/C47H53N5O5Si/c1-30(2)13-10-14-31(3)23-26-51-40-22-21-35(52-41-20-12-18-34-17-11-19-36(43(34)41)45(52)54)27-38(40)47(46(51)55)32(4)44(58(5,6)56)42(57-47)24-25-50-28-39(48-49-50)37(29-53)33-15-8-7-9-16-33/h7-9,11-13,15-23,27-28,32,37,42,44,53,56H,10,14,24-26,29H2,1-6H3/b31-23+/t32-,37?,42+,44-,47+/m0/s1. The van der Waals surface area contributed by atoms with Gasteiger partial charge >= 0.3 is 0 Å². The number of aryl methyl sites for hydroxylation is 1. The molecular formula is C47H53N5O5Si. The SMILES string of the molecule is CC(C)=CCC/C(C)=C/CN1C(=O)[C@]2(O[C@H](CCn3cc(C(CO)c4ccccc4)nn3)[C@@H]([Si](C)(C)O)[C@@H]2C)c2cc(N3C(=O)c4cccc5cccc3c45)ccc21. The fraction of sp³-hybridized carbons (Fsp3) is 0.362. The Morgan fingerprint density at radius 1 is 0.966 bits per heavy atom. The molecule has 1 saturated heterocycles. The molecule has 1 fully saturated rings. The van der Waals surface area contributed by atoms with Crippen molar-refractivity contribution < 1.29 is 24.2 Å². The lowest BCUT2D eigenvalue weighted by Crippen LogP contribution is -2.46. The maximum absolute atomic E-state index is 15.2. The number of hydrogen-bond acceptors (Lipinski definition) is 7. The number of nitrogens with zero attached hydrogens (tertiary/aromatic N) is 5. The number of anilines is 3. The molecule has 1 spiro atoms. The van der Waals surface area contributed by atoms with Crippen LogP contribution in [0.2, 0.25) is 18.6 Å². The van der Waals surface area contributed by atoms with Gasteiger partial charge in [-0.2, -0.15) is 0 Å². The van der Waals surface area contributed by atoms with Crippen LogP contribution in [0.3, 0.4) is 0 Å². The smallest absolute Gasteiger partial charge is 0.264 e. The van der Waals surface area contributed by atoms with Crippen molar-refractivity contribution in [1.82, 2.24) is 15.0 Å². The third-order valence-corrected chi connectivity index (χ3v) is 14.9. The fourth-order valence-electron chi connectivity index (χ4n) is 9.66. The Kier molecular flexibility index (Phi) is 10.6. The molecule has 5 aromatic rings. The minimum Gasteiger partial charge on any atom is -0.432 e. The molecule has 300 valence electrons. The van der Waals surface area contributed by atoms with Crippen molar-refractivity contribution in [3.8, 4) is 0 Å². The van der Waals surface area contributed by atoms with Gasteiger partial charge in [-0.05, 0) is 94.4 Å². The van der Waals surface area contributed by atoms with E-state index in [9.17, 15) is 14.7 Å². The highest BCUT2D eigenvalue weighted by atomic mass is 28.4. The number of hydrogen-bond donors (Lipinski definition) is 2. The second-order valence-electron chi connectivity index (χ2n) is 17.0. The fourth-order valence-corrected chi connectivity index (χ4v) is 12.3. The summed E-state index contributed by atoms with van der Waals surface area (Å²) >= 11 is 0. The van der Waals surface area contributed by atoms with Crippen LogP contribution >= 0.6 is 0 Å². The Balaban J connectivity index is 1.16. The first-order valence-electron chi connectivity index (χ1n) is 20.4. The number of amides is 2. The minimum absolute atomic E-state index is 0.102. The van der Waals surface area contributed by atoms with Crippen LogP contribution in [0.1, 0.15) is 80.1 Å². The molecule has 0 radical (unpaired) electrons. The number of rotatable bonds is 13. The topological polar surface area (TPSA) is 121 Å². The summed E-state index contributed by atoms with van der Waals surface area (Å²) in [4.78, 5) is 44.9. The Labute approximate surface area is 341 Å². The predicted octanol–water partition coefficient (Wildman–Crippen LogP) is 8.77. The number of allylic oxidation sites excluding steroid dienone is 3. The third kappa shape index (κ3) is 6.83. The number of carbonyl (C=O) groups is 2. The lowest BCUT2D eigenvalue weighted by molar-refractivity contribution is -0.145. The van der Waals surface area contributed by atoms with E-state index in [1.54, 1.807) is 9.58 Å². The Morgan fingerprint density at radius 3 is 2.45 bits per heavy atom. The van der Waals surface area contributed by atoms with E-state index >= 15 is 4.79 Å². The van der Waals surface area contributed by atoms with Gasteiger partial charge in [0.25, 0.3) is 11.8 Å². The Bertz CT molecular complexity index is 2430. The summed E-state index contributed by atoms with van der Waals surface area (Å²) in [5, 5.41) is 21.0. The van der Waals surface area contributed by atoms with Gasteiger partial charge < -0.3 is 19.5 Å². The monoisotopic (exact) mass is 795 g/mol. The molecule has 2 amide bonds. The molecule has 3 aliphatic rings. The molecule has 4 aromatic carbocycles. The summed E-state index contributed by atoms with van der Waals surface area (Å²) in [6, 6.07) is 27.4. The van der Waals surface area contributed by atoms with E-state index in [4.69, 9.17) is 4.74 Å².